The fraction of sp³-hybridized carbons (Fsp3) is 0. The maximum atomic E-state index is 0. The third-order valence-corrected chi connectivity index (χ3v) is 0. The van der Waals surface area contributed by atoms with Gasteiger partial charge in [-0.25, -0.2) is 0 Å². The normalized spacial score (nSPS) is 0. The van der Waals surface area contributed by atoms with Crippen LogP contribution < -0.4 is 24.8 Å². The summed E-state index contributed by atoms with van der Waals surface area (Å²) in [5.41, 5.74) is 0. The molecule has 0 aromatic rings. The molecule has 9 heteroatoms. The van der Waals surface area contributed by atoms with Crippen LogP contribution in [0.1, 0.15) is 0 Å². The summed E-state index contributed by atoms with van der Waals surface area (Å²) < 4.78 is 0. The van der Waals surface area contributed by atoms with E-state index in [1.54, 1.807) is 0 Å². The van der Waals surface area contributed by atoms with Crippen LogP contribution in [0.2, 0.25) is 0 Å². The molecule has 0 aliphatic heterocycles. The molecular weight excluding hydrogens is 255 g/mol. The van der Waals surface area contributed by atoms with Gasteiger partial charge < -0.3 is 57.7 Å². The predicted molar refractivity (Wildman–Crippen MR) is 27.4 cm³/mol. The maximum absolute atomic E-state index is 0. The summed E-state index contributed by atoms with van der Waals surface area (Å²) in [5, 5.41) is 0. The van der Waals surface area contributed by atoms with Gasteiger partial charge in [-0.05, 0) is 0 Å². The van der Waals surface area contributed by atoms with E-state index in [2.05, 4.69) is 0 Å². The molecule has 64 valence electrons. The van der Waals surface area contributed by atoms with E-state index in [1.165, 1.54) is 0 Å². The summed E-state index contributed by atoms with van der Waals surface area (Å²) in [6.45, 7) is 0. The maximum Gasteiger partial charge on any atom is 2.00 e. The van der Waals surface area contributed by atoms with Gasteiger partial charge in [0.15, 0.2) is 0 Å². The molecule has 0 aromatic heterocycles. The largest absolute Gasteiger partial charge is 2.00 e. The summed E-state index contributed by atoms with van der Waals surface area (Å²) in [6, 6.07) is 0. The van der Waals surface area contributed by atoms with Gasteiger partial charge in [-0.2, -0.15) is 0 Å². The number of hydrogen-bond acceptors (Lipinski definition) is 0. The standard InChI is InChI=1S/2ClH.6H2O.Sr/h2*1H;6*1H2;/q;;;;;;;;+2/p-2. The van der Waals surface area contributed by atoms with Gasteiger partial charge in [-0.3, -0.25) is 0 Å². The van der Waals surface area contributed by atoms with Crippen LogP contribution in [0, 0.1) is 0 Å². The molecule has 0 heterocycles. The first kappa shape index (κ1) is 315. The van der Waals surface area contributed by atoms with E-state index in [0.717, 1.165) is 0 Å². The Hall–Kier alpha value is 1.82. The molecule has 0 atom stereocenters. The molecular formula is H12Cl2O6Sr. The van der Waals surface area contributed by atoms with Gasteiger partial charge >= 0.3 is 45.5 Å². The van der Waals surface area contributed by atoms with Crippen LogP contribution in [0.25, 0.3) is 0 Å². The van der Waals surface area contributed by atoms with Crippen molar-refractivity contribution in [2.75, 3.05) is 0 Å². The Morgan fingerprint density at radius 3 is 0.333 bits per heavy atom. The van der Waals surface area contributed by atoms with Gasteiger partial charge in [-0.15, -0.1) is 0 Å². The third-order valence-electron chi connectivity index (χ3n) is 0. The first-order chi connectivity index (χ1) is 0. The molecule has 12 N–H and O–H groups in total. The van der Waals surface area contributed by atoms with E-state index < -0.39 is 0 Å². The number of rotatable bonds is 0. The minimum atomic E-state index is 0. The zero-order chi connectivity index (χ0) is 0. The number of halogens is 2. The van der Waals surface area contributed by atoms with Crippen molar-refractivity contribution in [2.45, 2.75) is 0 Å². The van der Waals surface area contributed by atoms with Crippen LogP contribution in [-0.2, 0) is 0 Å². The van der Waals surface area contributed by atoms with Crippen LogP contribution in [0.3, 0.4) is 0 Å². The predicted octanol–water partition coefficient (Wildman–Crippen LogP) is -11.3. The van der Waals surface area contributed by atoms with Gasteiger partial charge in [0, 0.05) is 0 Å². The van der Waals surface area contributed by atoms with Crippen molar-refractivity contribution < 1.29 is 57.7 Å². The quantitative estimate of drug-likeness (QED) is 0.377. The molecule has 0 unspecified atom stereocenters. The molecule has 9 heavy (non-hydrogen) atoms. The fourth-order valence-corrected chi connectivity index (χ4v) is 0. The van der Waals surface area contributed by atoms with Crippen LogP contribution in [0.5, 0.6) is 0 Å². The zero-order valence-electron chi connectivity index (χ0n) is 4.46. The molecule has 0 aliphatic rings. The molecule has 0 bridgehead atoms. The summed E-state index contributed by atoms with van der Waals surface area (Å²) in [5.74, 6) is 0. The van der Waals surface area contributed by atoms with E-state index in [9.17, 15) is 0 Å². The van der Waals surface area contributed by atoms with Crippen LogP contribution in [0.15, 0.2) is 0 Å². The molecule has 6 nitrogen and oxygen atoms in total. The Labute approximate surface area is 102 Å². The molecule has 0 fully saturated rings. The average molecular weight is 267 g/mol. The van der Waals surface area contributed by atoms with E-state index >= 15 is 0 Å². The molecule has 0 aliphatic carbocycles. The molecule has 0 saturated heterocycles. The van der Waals surface area contributed by atoms with Crippen molar-refractivity contribution in [2.24, 2.45) is 0 Å². The van der Waals surface area contributed by atoms with Gasteiger partial charge in [-0.1, -0.05) is 0 Å². The Balaban J connectivity index is 0. The molecule has 0 aromatic carbocycles. The topological polar surface area (TPSA) is 189 Å². The van der Waals surface area contributed by atoms with Crippen molar-refractivity contribution in [3.63, 3.8) is 0 Å². The van der Waals surface area contributed by atoms with Crippen molar-refractivity contribution >= 4 is 45.5 Å². The van der Waals surface area contributed by atoms with Crippen molar-refractivity contribution in [1.82, 2.24) is 0 Å². The molecule has 0 saturated carbocycles. The van der Waals surface area contributed by atoms with E-state index in [-0.39, 0.29) is 103 Å². The minimum Gasteiger partial charge on any atom is -1.00 e. The second kappa shape index (κ2) is 231. The second-order valence-corrected chi connectivity index (χ2v) is 0. The average Bonchev–Trinajstić information content (AvgIpc) is 0. The minimum absolute atomic E-state index is 0. The molecule has 0 rings (SSSR count). The van der Waals surface area contributed by atoms with Crippen LogP contribution in [0.4, 0.5) is 0 Å². The summed E-state index contributed by atoms with van der Waals surface area (Å²) in [4.78, 5) is 0. The van der Waals surface area contributed by atoms with Gasteiger partial charge in [0.1, 0.15) is 0 Å². The van der Waals surface area contributed by atoms with E-state index in [4.69, 9.17) is 0 Å². The molecule has 0 spiro atoms. The Bertz CT molecular complexity index is 11.0. The van der Waals surface area contributed by atoms with Crippen molar-refractivity contribution in [3.8, 4) is 0 Å². The Morgan fingerprint density at radius 1 is 0.333 bits per heavy atom. The second-order valence-electron chi connectivity index (χ2n) is 0. The smallest absolute Gasteiger partial charge is 1.00 e. The third kappa shape index (κ3) is 181. The van der Waals surface area contributed by atoms with E-state index in [0.29, 0.717) is 0 Å². The van der Waals surface area contributed by atoms with Crippen molar-refractivity contribution in [3.05, 3.63) is 0 Å². The summed E-state index contributed by atoms with van der Waals surface area (Å²) in [6.07, 6.45) is 0. The fourth-order valence-electron chi connectivity index (χ4n) is 0. The van der Waals surface area contributed by atoms with E-state index in [1.807, 2.05) is 0 Å². The van der Waals surface area contributed by atoms with Gasteiger partial charge in [0.05, 0.1) is 0 Å². The van der Waals surface area contributed by atoms with Gasteiger partial charge in [0.25, 0.3) is 0 Å². The summed E-state index contributed by atoms with van der Waals surface area (Å²) >= 11 is 0. The monoisotopic (exact) mass is 266 g/mol. The van der Waals surface area contributed by atoms with Crippen molar-refractivity contribution in [1.29, 1.82) is 0 Å². The molecule has 0 amide bonds. The van der Waals surface area contributed by atoms with Gasteiger partial charge in [0.2, 0.25) is 0 Å². The zero-order valence-corrected chi connectivity index (χ0v) is 9.45. The van der Waals surface area contributed by atoms with Crippen LogP contribution >= 0.6 is 0 Å². The number of hydrogen-bond donors (Lipinski definition) is 0. The Kier molecular flexibility index (Phi) is 8070. The first-order valence-electron chi connectivity index (χ1n) is 0. The Morgan fingerprint density at radius 2 is 0.333 bits per heavy atom. The van der Waals surface area contributed by atoms with Crippen LogP contribution in [-0.4, -0.2) is 78.3 Å². The first-order valence-corrected chi connectivity index (χ1v) is 0. The molecule has 0 radical (unpaired) electrons. The summed E-state index contributed by atoms with van der Waals surface area (Å²) in [7, 11) is 0. The SMILES string of the molecule is O.O.O.O.O.O.[Cl-].[Cl-].[Sr+2].